The Bertz CT molecular complexity index is 913. The summed E-state index contributed by atoms with van der Waals surface area (Å²) in [5, 5.41) is 0. The van der Waals surface area contributed by atoms with Crippen molar-refractivity contribution in [3.05, 3.63) is 47.7 Å². The molecule has 7 heteroatoms. The predicted molar refractivity (Wildman–Crippen MR) is 111 cm³/mol. The molecule has 0 amide bonds. The Morgan fingerprint density at radius 3 is 2.86 bits per heavy atom. The summed E-state index contributed by atoms with van der Waals surface area (Å²) in [4.78, 5) is 7.07. The molecule has 0 aliphatic carbocycles. The Balaban J connectivity index is 1.86. The van der Waals surface area contributed by atoms with Gasteiger partial charge in [-0.1, -0.05) is 19.1 Å². The van der Waals surface area contributed by atoms with Crippen LogP contribution >= 0.6 is 0 Å². The van der Waals surface area contributed by atoms with Gasteiger partial charge >= 0.3 is 0 Å². The Kier molecular flexibility index (Phi) is 6.57. The second-order valence-electron chi connectivity index (χ2n) is 7.38. The molecule has 2 aromatic rings. The average molecular weight is 404 g/mol. The van der Waals surface area contributed by atoms with Crippen LogP contribution in [0.15, 0.2) is 41.4 Å². The van der Waals surface area contributed by atoms with E-state index in [0.717, 1.165) is 50.0 Å². The highest BCUT2D eigenvalue weighted by Crippen LogP contribution is 2.34. The molecule has 28 heavy (non-hydrogen) atoms. The molecule has 1 aromatic heterocycles. The minimum absolute atomic E-state index is 0.247. The number of pyridine rings is 1. The number of hydrogen-bond acceptors (Lipinski definition) is 5. The lowest BCUT2D eigenvalue weighted by Gasteiger charge is -2.33. The van der Waals surface area contributed by atoms with E-state index in [9.17, 15) is 8.42 Å². The van der Waals surface area contributed by atoms with Crippen molar-refractivity contribution in [1.29, 1.82) is 0 Å². The van der Waals surface area contributed by atoms with Crippen LogP contribution in [0.25, 0.3) is 0 Å². The molecular weight excluding hydrogens is 374 g/mol. The van der Waals surface area contributed by atoms with Crippen LogP contribution in [-0.4, -0.2) is 45.0 Å². The van der Waals surface area contributed by atoms with E-state index >= 15 is 0 Å². The molecule has 1 aromatic carbocycles. The fraction of sp³-hybridized carbons (Fsp3) is 0.476. The number of aromatic nitrogens is 1. The number of rotatable bonds is 7. The van der Waals surface area contributed by atoms with Gasteiger partial charge in [0.25, 0.3) is 10.0 Å². The first-order valence-electron chi connectivity index (χ1n) is 9.78. The summed E-state index contributed by atoms with van der Waals surface area (Å²) in [6.45, 7) is 7.19. The maximum atomic E-state index is 12.8. The van der Waals surface area contributed by atoms with Crippen molar-refractivity contribution in [2.45, 2.75) is 43.9 Å². The molecule has 1 saturated heterocycles. The zero-order valence-electron chi connectivity index (χ0n) is 16.8. The molecule has 2 heterocycles. The smallest absolute Gasteiger partial charge is 0.261 e. The summed E-state index contributed by atoms with van der Waals surface area (Å²) < 4.78 is 33.7. The van der Waals surface area contributed by atoms with Crippen molar-refractivity contribution in [2.75, 3.05) is 31.5 Å². The van der Waals surface area contributed by atoms with Crippen molar-refractivity contribution in [2.24, 2.45) is 0 Å². The Labute approximate surface area is 168 Å². The van der Waals surface area contributed by atoms with E-state index in [4.69, 9.17) is 4.74 Å². The predicted octanol–water partition coefficient (Wildman–Crippen LogP) is 3.79. The van der Waals surface area contributed by atoms with Gasteiger partial charge in [-0.3, -0.25) is 4.72 Å². The number of hydrogen-bond donors (Lipinski definition) is 1. The topological polar surface area (TPSA) is 71.5 Å². The van der Waals surface area contributed by atoms with Gasteiger partial charge in [0.2, 0.25) is 5.88 Å². The number of ether oxygens (including phenoxy) is 1. The van der Waals surface area contributed by atoms with Crippen molar-refractivity contribution < 1.29 is 13.2 Å². The SMILES string of the molecule is CCCN1CCCC(c2cc(NS(=O)(=O)c3cccc(C)c3)cnc2OC)C1. The van der Waals surface area contributed by atoms with Gasteiger partial charge in [0.15, 0.2) is 0 Å². The minimum atomic E-state index is -3.66. The molecule has 1 unspecified atom stereocenters. The maximum Gasteiger partial charge on any atom is 0.261 e. The van der Waals surface area contributed by atoms with Crippen LogP contribution in [0.4, 0.5) is 5.69 Å². The van der Waals surface area contributed by atoms with E-state index in [1.165, 1.54) is 6.20 Å². The second-order valence-corrected chi connectivity index (χ2v) is 9.07. The monoisotopic (exact) mass is 403 g/mol. The summed E-state index contributed by atoms with van der Waals surface area (Å²) in [7, 11) is -2.06. The lowest BCUT2D eigenvalue weighted by atomic mass is 9.91. The Morgan fingerprint density at radius 2 is 2.14 bits per heavy atom. The molecule has 1 fully saturated rings. The van der Waals surface area contributed by atoms with Crippen molar-refractivity contribution >= 4 is 15.7 Å². The molecule has 0 spiro atoms. The number of aryl methyl sites for hydroxylation is 1. The molecule has 3 rings (SSSR count). The number of likely N-dealkylation sites (tertiary alicyclic amines) is 1. The number of piperidine rings is 1. The van der Waals surface area contributed by atoms with Gasteiger partial charge < -0.3 is 9.64 Å². The number of nitrogens with zero attached hydrogens (tertiary/aromatic N) is 2. The molecule has 1 atom stereocenters. The van der Waals surface area contributed by atoms with Gasteiger partial charge in [0.05, 0.1) is 23.9 Å². The lowest BCUT2D eigenvalue weighted by Crippen LogP contribution is -2.35. The molecule has 0 saturated carbocycles. The average Bonchev–Trinajstić information content (AvgIpc) is 2.68. The number of methoxy groups -OCH3 is 1. The zero-order valence-corrected chi connectivity index (χ0v) is 17.6. The second kappa shape index (κ2) is 8.92. The quantitative estimate of drug-likeness (QED) is 0.762. The van der Waals surface area contributed by atoms with Crippen LogP contribution in [0.1, 0.15) is 43.2 Å². The first-order valence-corrected chi connectivity index (χ1v) is 11.3. The van der Waals surface area contributed by atoms with Crippen molar-refractivity contribution in [1.82, 2.24) is 9.88 Å². The molecule has 1 aliphatic rings. The summed E-state index contributed by atoms with van der Waals surface area (Å²) in [6.07, 6.45) is 4.81. The third-order valence-corrected chi connectivity index (χ3v) is 6.49. The van der Waals surface area contributed by atoms with E-state index in [-0.39, 0.29) is 10.8 Å². The van der Waals surface area contributed by atoms with Gasteiger partial charge in [0.1, 0.15) is 0 Å². The Hall–Kier alpha value is -2.12. The largest absolute Gasteiger partial charge is 0.481 e. The third kappa shape index (κ3) is 4.83. The van der Waals surface area contributed by atoms with Crippen LogP contribution in [-0.2, 0) is 10.0 Å². The highest BCUT2D eigenvalue weighted by Gasteiger charge is 2.25. The molecule has 1 aliphatic heterocycles. The third-order valence-electron chi connectivity index (χ3n) is 5.11. The molecule has 0 bridgehead atoms. The van der Waals surface area contributed by atoms with Gasteiger partial charge in [-0.25, -0.2) is 13.4 Å². The van der Waals surface area contributed by atoms with E-state index in [0.29, 0.717) is 11.6 Å². The van der Waals surface area contributed by atoms with Crippen LogP contribution in [0.2, 0.25) is 0 Å². The van der Waals surface area contributed by atoms with E-state index in [1.54, 1.807) is 25.3 Å². The van der Waals surface area contributed by atoms with Crippen molar-refractivity contribution in [3.8, 4) is 5.88 Å². The number of benzene rings is 1. The molecule has 152 valence electrons. The summed E-state index contributed by atoms with van der Waals surface area (Å²) in [6, 6.07) is 8.74. The minimum Gasteiger partial charge on any atom is -0.481 e. The first-order chi connectivity index (χ1) is 13.4. The van der Waals surface area contributed by atoms with E-state index in [1.807, 2.05) is 19.1 Å². The van der Waals surface area contributed by atoms with E-state index in [2.05, 4.69) is 21.5 Å². The van der Waals surface area contributed by atoms with Crippen LogP contribution < -0.4 is 9.46 Å². The highest BCUT2D eigenvalue weighted by atomic mass is 32.2. The van der Waals surface area contributed by atoms with Crippen LogP contribution in [0.5, 0.6) is 5.88 Å². The fourth-order valence-corrected chi connectivity index (χ4v) is 4.95. The Morgan fingerprint density at radius 1 is 1.32 bits per heavy atom. The van der Waals surface area contributed by atoms with E-state index < -0.39 is 10.0 Å². The fourth-order valence-electron chi connectivity index (χ4n) is 3.81. The molecular formula is C21H29N3O3S. The highest BCUT2D eigenvalue weighted by molar-refractivity contribution is 7.92. The molecule has 0 radical (unpaired) electrons. The van der Waals surface area contributed by atoms with Crippen LogP contribution in [0.3, 0.4) is 0 Å². The first kappa shape index (κ1) is 20.6. The van der Waals surface area contributed by atoms with Crippen LogP contribution in [0, 0.1) is 6.92 Å². The maximum absolute atomic E-state index is 12.8. The van der Waals surface area contributed by atoms with Crippen molar-refractivity contribution in [3.63, 3.8) is 0 Å². The summed E-state index contributed by atoms with van der Waals surface area (Å²) in [5.74, 6) is 0.855. The number of anilines is 1. The van der Waals surface area contributed by atoms with Gasteiger partial charge in [0, 0.05) is 18.0 Å². The van der Waals surface area contributed by atoms with Gasteiger partial charge in [-0.05, 0) is 63.0 Å². The van der Waals surface area contributed by atoms with Gasteiger partial charge in [-0.15, -0.1) is 0 Å². The lowest BCUT2D eigenvalue weighted by molar-refractivity contribution is 0.206. The van der Waals surface area contributed by atoms with Gasteiger partial charge in [-0.2, -0.15) is 0 Å². The normalized spacial score (nSPS) is 18.0. The number of nitrogens with one attached hydrogen (secondary N) is 1. The molecule has 1 N–H and O–H groups in total. The zero-order chi connectivity index (χ0) is 20.1. The summed E-state index contributed by atoms with van der Waals surface area (Å²) >= 11 is 0. The number of sulfonamides is 1. The standard InChI is InChI=1S/C21H29N3O3S/c1-4-10-24-11-6-8-17(15-24)20-13-18(14-22-21(20)27-3)23-28(25,26)19-9-5-7-16(2)12-19/h5,7,9,12-14,17,23H,4,6,8,10-11,15H2,1-3H3. The molecule has 6 nitrogen and oxygen atoms in total. The summed E-state index contributed by atoms with van der Waals surface area (Å²) in [5.41, 5.74) is 2.33.